The first-order valence-electron chi connectivity index (χ1n) is 4.58. The van der Waals surface area contributed by atoms with Crippen LogP contribution in [0.15, 0.2) is 10.9 Å². The molecule has 0 spiro atoms. The monoisotopic (exact) mass is 258 g/mol. The molecule has 1 unspecified atom stereocenters. The molecule has 0 aliphatic carbocycles. The second-order valence-corrected chi connectivity index (χ2v) is 4.39. The molecule has 2 rings (SSSR count). The van der Waals surface area contributed by atoms with Crippen LogP contribution >= 0.6 is 15.9 Å². The number of nitrogens with zero attached hydrogens (tertiary/aromatic N) is 2. The van der Waals surface area contributed by atoms with Crippen LogP contribution in [0.5, 0.6) is 0 Å². The van der Waals surface area contributed by atoms with Gasteiger partial charge in [0.1, 0.15) is 4.60 Å². The summed E-state index contributed by atoms with van der Waals surface area (Å²) >= 11 is 3.37. The van der Waals surface area contributed by atoms with Crippen molar-refractivity contribution in [2.45, 2.75) is 25.8 Å². The number of carbonyl (C=O) groups is 1. The van der Waals surface area contributed by atoms with Crippen LogP contribution < -0.4 is 0 Å². The fourth-order valence-corrected chi connectivity index (χ4v) is 2.43. The Morgan fingerprint density at radius 1 is 1.79 bits per heavy atom. The van der Waals surface area contributed by atoms with Gasteiger partial charge in [-0.3, -0.25) is 4.79 Å². The fraction of sp³-hybridized carbons (Fsp3) is 0.556. The number of carboxylic acid groups (broad SMARTS) is 1. The minimum Gasteiger partial charge on any atom is -0.481 e. The summed E-state index contributed by atoms with van der Waals surface area (Å²) in [5.74, 6) is -0.460. The standard InChI is InChI=1S/C9H11BrN2O2/c10-9-7-2-1-6(3-8(13)14)4-12(7)5-11-9/h5-6H,1-4H2,(H,13,14). The van der Waals surface area contributed by atoms with Crippen molar-refractivity contribution < 1.29 is 9.90 Å². The predicted octanol–water partition coefficient (Wildman–Crippen LogP) is 1.68. The normalized spacial score (nSPS) is 20.5. The first-order chi connectivity index (χ1) is 6.66. The Morgan fingerprint density at radius 3 is 3.29 bits per heavy atom. The average molecular weight is 259 g/mol. The number of imidazole rings is 1. The van der Waals surface area contributed by atoms with Crippen LogP contribution in [-0.4, -0.2) is 20.6 Å². The lowest BCUT2D eigenvalue weighted by molar-refractivity contribution is -0.138. The maximum atomic E-state index is 10.6. The van der Waals surface area contributed by atoms with Crippen LogP contribution in [0.25, 0.3) is 0 Å². The van der Waals surface area contributed by atoms with Crippen molar-refractivity contribution in [3.63, 3.8) is 0 Å². The molecular weight excluding hydrogens is 248 g/mol. The van der Waals surface area contributed by atoms with E-state index in [1.54, 1.807) is 6.33 Å². The topological polar surface area (TPSA) is 55.1 Å². The fourth-order valence-electron chi connectivity index (χ4n) is 1.91. The zero-order valence-electron chi connectivity index (χ0n) is 7.61. The number of carboxylic acids is 1. The maximum absolute atomic E-state index is 10.6. The second kappa shape index (κ2) is 3.73. The lowest BCUT2D eigenvalue weighted by atomic mass is 9.95. The lowest BCUT2D eigenvalue weighted by Crippen LogP contribution is -2.21. The summed E-state index contributed by atoms with van der Waals surface area (Å²) in [5, 5.41) is 8.68. The molecule has 0 saturated heterocycles. The van der Waals surface area contributed by atoms with Crippen LogP contribution in [0.1, 0.15) is 18.5 Å². The van der Waals surface area contributed by atoms with E-state index in [-0.39, 0.29) is 12.3 Å². The number of aromatic nitrogens is 2. The molecule has 1 aliphatic heterocycles. The second-order valence-electron chi connectivity index (χ2n) is 3.64. The molecule has 0 radical (unpaired) electrons. The van der Waals surface area contributed by atoms with Gasteiger partial charge in [0.2, 0.25) is 0 Å². The van der Waals surface area contributed by atoms with Gasteiger partial charge in [-0.15, -0.1) is 0 Å². The molecule has 0 bridgehead atoms. The van der Waals surface area contributed by atoms with Gasteiger partial charge in [0.25, 0.3) is 0 Å². The summed E-state index contributed by atoms with van der Waals surface area (Å²) in [7, 11) is 0. The predicted molar refractivity (Wildman–Crippen MR) is 54.0 cm³/mol. The summed E-state index contributed by atoms with van der Waals surface area (Å²) in [6, 6.07) is 0. The first-order valence-corrected chi connectivity index (χ1v) is 5.37. The summed E-state index contributed by atoms with van der Waals surface area (Å²) in [6.45, 7) is 0.778. The molecule has 5 heteroatoms. The zero-order chi connectivity index (χ0) is 10.1. The number of halogens is 1. The van der Waals surface area contributed by atoms with Crippen molar-refractivity contribution in [2.24, 2.45) is 5.92 Å². The molecule has 1 aliphatic rings. The minimum absolute atomic E-state index is 0.251. The number of rotatable bonds is 2. The molecule has 1 atom stereocenters. The van der Waals surface area contributed by atoms with Crippen LogP contribution in [0.4, 0.5) is 0 Å². The van der Waals surface area contributed by atoms with E-state index in [9.17, 15) is 4.79 Å². The quantitative estimate of drug-likeness (QED) is 0.879. The Bertz CT molecular complexity index is 362. The Morgan fingerprint density at radius 2 is 2.57 bits per heavy atom. The molecular formula is C9H11BrN2O2. The summed E-state index contributed by atoms with van der Waals surface area (Å²) < 4.78 is 2.94. The highest BCUT2D eigenvalue weighted by Crippen LogP contribution is 2.26. The van der Waals surface area contributed by atoms with Crippen molar-refractivity contribution in [3.8, 4) is 0 Å². The van der Waals surface area contributed by atoms with E-state index in [0.717, 1.165) is 24.0 Å². The number of aliphatic carboxylic acids is 1. The van der Waals surface area contributed by atoms with Crippen molar-refractivity contribution in [1.29, 1.82) is 0 Å². The van der Waals surface area contributed by atoms with Crippen LogP contribution in [0.2, 0.25) is 0 Å². The summed E-state index contributed by atoms with van der Waals surface area (Å²) in [5.41, 5.74) is 1.19. The third-order valence-electron chi connectivity index (χ3n) is 2.60. The Balaban J connectivity index is 2.10. The maximum Gasteiger partial charge on any atom is 0.303 e. The van der Waals surface area contributed by atoms with Gasteiger partial charge in [-0.05, 0) is 34.7 Å². The molecule has 4 nitrogen and oxygen atoms in total. The first kappa shape index (κ1) is 9.71. The Hall–Kier alpha value is -0.840. The van der Waals surface area contributed by atoms with Crippen molar-refractivity contribution >= 4 is 21.9 Å². The number of fused-ring (bicyclic) bond motifs is 1. The average Bonchev–Trinajstić information content (AvgIpc) is 2.46. The zero-order valence-corrected chi connectivity index (χ0v) is 9.20. The van der Waals surface area contributed by atoms with E-state index in [1.165, 1.54) is 5.69 Å². The Labute approximate surface area is 90.1 Å². The molecule has 76 valence electrons. The molecule has 1 aromatic rings. The van der Waals surface area contributed by atoms with Crippen LogP contribution in [0.3, 0.4) is 0 Å². The van der Waals surface area contributed by atoms with Gasteiger partial charge in [-0.25, -0.2) is 4.98 Å². The molecule has 1 aromatic heterocycles. The van der Waals surface area contributed by atoms with Gasteiger partial charge in [0, 0.05) is 13.0 Å². The summed E-state index contributed by atoms with van der Waals surface area (Å²) in [6.07, 6.45) is 3.89. The van der Waals surface area contributed by atoms with Gasteiger partial charge in [-0.1, -0.05) is 0 Å². The molecule has 0 aromatic carbocycles. The largest absolute Gasteiger partial charge is 0.481 e. The van der Waals surface area contributed by atoms with Gasteiger partial charge in [0.15, 0.2) is 0 Å². The van der Waals surface area contributed by atoms with Crippen molar-refractivity contribution in [3.05, 3.63) is 16.6 Å². The molecule has 2 heterocycles. The number of hydrogen-bond acceptors (Lipinski definition) is 2. The number of hydrogen-bond donors (Lipinski definition) is 1. The minimum atomic E-state index is -0.711. The molecule has 14 heavy (non-hydrogen) atoms. The molecule has 1 N–H and O–H groups in total. The van der Waals surface area contributed by atoms with Gasteiger partial charge in [-0.2, -0.15) is 0 Å². The molecule has 0 amide bonds. The van der Waals surface area contributed by atoms with E-state index in [2.05, 4.69) is 20.9 Å². The van der Waals surface area contributed by atoms with Gasteiger partial charge in [0.05, 0.1) is 12.0 Å². The van der Waals surface area contributed by atoms with Crippen molar-refractivity contribution in [2.75, 3.05) is 0 Å². The van der Waals surface area contributed by atoms with Crippen LogP contribution in [-0.2, 0) is 17.8 Å². The third-order valence-corrected chi connectivity index (χ3v) is 3.27. The van der Waals surface area contributed by atoms with E-state index in [4.69, 9.17) is 5.11 Å². The van der Waals surface area contributed by atoms with Gasteiger partial charge >= 0.3 is 5.97 Å². The summed E-state index contributed by atoms with van der Waals surface area (Å²) in [4.78, 5) is 14.7. The van der Waals surface area contributed by atoms with Crippen molar-refractivity contribution in [1.82, 2.24) is 9.55 Å². The Kier molecular flexibility index (Phi) is 2.58. The highest BCUT2D eigenvalue weighted by molar-refractivity contribution is 9.10. The highest BCUT2D eigenvalue weighted by Gasteiger charge is 2.22. The van der Waals surface area contributed by atoms with E-state index in [1.807, 2.05) is 4.57 Å². The molecule has 0 fully saturated rings. The third kappa shape index (κ3) is 1.82. The highest BCUT2D eigenvalue weighted by atomic mass is 79.9. The van der Waals surface area contributed by atoms with E-state index >= 15 is 0 Å². The molecule has 0 saturated carbocycles. The van der Waals surface area contributed by atoms with E-state index in [0.29, 0.717) is 0 Å². The smallest absolute Gasteiger partial charge is 0.303 e. The van der Waals surface area contributed by atoms with E-state index < -0.39 is 5.97 Å². The SMILES string of the molecule is O=C(O)CC1CCc2c(Br)ncn2C1. The van der Waals surface area contributed by atoms with Crippen LogP contribution in [0, 0.1) is 5.92 Å². The lowest BCUT2D eigenvalue weighted by Gasteiger charge is -2.22. The van der Waals surface area contributed by atoms with Gasteiger partial charge < -0.3 is 9.67 Å².